The van der Waals surface area contributed by atoms with Crippen molar-refractivity contribution >= 4 is 39.8 Å². The van der Waals surface area contributed by atoms with E-state index in [1.807, 2.05) is 18.2 Å². The van der Waals surface area contributed by atoms with Crippen molar-refractivity contribution in [1.82, 2.24) is 19.8 Å². The maximum absolute atomic E-state index is 13.8. The first-order valence-corrected chi connectivity index (χ1v) is 15.5. The fourth-order valence-corrected chi connectivity index (χ4v) is 7.05. The van der Waals surface area contributed by atoms with E-state index in [4.69, 9.17) is 26.3 Å². The van der Waals surface area contributed by atoms with E-state index in [1.54, 1.807) is 0 Å². The Morgan fingerprint density at radius 2 is 1.98 bits per heavy atom. The second kappa shape index (κ2) is 12.2. The SMILES string of the molecule is C=C(F)C(=O)N1CCN(c2nc(OCC3(C)CCCN3C)nc3c2CCN(c2cccc4cccc(Cl)c24)C3)C[C@@H]1CC#N. The summed E-state index contributed by atoms with van der Waals surface area (Å²) >= 11 is 6.69. The van der Waals surface area contributed by atoms with Gasteiger partial charge in [-0.3, -0.25) is 9.69 Å². The number of likely N-dealkylation sites (tertiary alicyclic amines) is 1. The molecule has 6 rings (SSSR count). The molecule has 44 heavy (non-hydrogen) atoms. The second-order valence-electron chi connectivity index (χ2n) is 12.2. The highest BCUT2D eigenvalue weighted by Gasteiger charge is 2.37. The van der Waals surface area contributed by atoms with E-state index in [0.29, 0.717) is 43.7 Å². The van der Waals surface area contributed by atoms with Gasteiger partial charge in [-0.1, -0.05) is 42.4 Å². The zero-order valence-corrected chi connectivity index (χ0v) is 26.0. The molecule has 1 amide bonds. The Labute approximate surface area is 262 Å². The minimum Gasteiger partial charge on any atom is -0.461 e. The van der Waals surface area contributed by atoms with Crippen LogP contribution >= 0.6 is 11.6 Å². The van der Waals surface area contributed by atoms with Gasteiger partial charge in [0.2, 0.25) is 0 Å². The highest BCUT2D eigenvalue weighted by atomic mass is 35.5. The van der Waals surface area contributed by atoms with Gasteiger partial charge in [0.05, 0.1) is 41.3 Å². The molecule has 1 aromatic heterocycles. The highest BCUT2D eigenvalue weighted by Crippen LogP contribution is 2.37. The topological polar surface area (TPSA) is 88.8 Å². The number of aromatic nitrogens is 2. The van der Waals surface area contributed by atoms with Crippen molar-refractivity contribution in [1.29, 1.82) is 5.26 Å². The summed E-state index contributed by atoms with van der Waals surface area (Å²) in [6.45, 7) is 9.19. The van der Waals surface area contributed by atoms with Gasteiger partial charge in [-0.25, -0.2) is 4.39 Å². The number of nitrogens with zero attached hydrogens (tertiary/aromatic N) is 7. The van der Waals surface area contributed by atoms with Crippen molar-refractivity contribution in [3.8, 4) is 12.1 Å². The third kappa shape index (κ3) is 5.66. The van der Waals surface area contributed by atoms with Gasteiger partial charge in [0, 0.05) is 42.8 Å². The molecule has 230 valence electrons. The lowest BCUT2D eigenvalue weighted by molar-refractivity contribution is -0.131. The lowest BCUT2D eigenvalue weighted by Gasteiger charge is -2.42. The quantitative estimate of drug-likeness (QED) is 0.338. The van der Waals surface area contributed by atoms with Crippen LogP contribution in [0, 0.1) is 11.3 Å². The average Bonchev–Trinajstić information content (AvgIpc) is 3.36. The number of nitriles is 1. The van der Waals surface area contributed by atoms with Crippen LogP contribution in [0.5, 0.6) is 6.01 Å². The van der Waals surface area contributed by atoms with E-state index in [2.05, 4.69) is 59.5 Å². The molecule has 2 fully saturated rings. The summed E-state index contributed by atoms with van der Waals surface area (Å²) in [7, 11) is 2.12. The molecule has 2 saturated heterocycles. The van der Waals surface area contributed by atoms with E-state index < -0.39 is 17.8 Å². The summed E-state index contributed by atoms with van der Waals surface area (Å²) in [6.07, 6.45) is 2.91. The van der Waals surface area contributed by atoms with Crippen molar-refractivity contribution in [2.75, 3.05) is 56.2 Å². The van der Waals surface area contributed by atoms with Crippen LogP contribution in [-0.2, 0) is 17.8 Å². The molecule has 0 spiro atoms. The van der Waals surface area contributed by atoms with Crippen LogP contribution < -0.4 is 14.5 Å². The van der Waals surface area contributed by atoms with Gasteiger partial charge in [-0.15, -0.1) is 0 Å². The molecule has 3 aliphatic heterocycles. The molecule has 0 aliphatic carbocycles. The third-order valence-corrected chi connectivity index (χ3v) is 9.76. The number of likely N-dealkylation sites (N-methyl/N-ethyl adjacent to an activating group) is 1. The first-order valence-electron chi connectivity index (χ1n) is 15.1. The first kappa shape index (κ1) is 30.1. The smallest absolute Gasteiger partial charge is 0.318 e. The van der Waals surface area contributed by atoms with Crippen LogP contribution in [-0.4, -0.2) is 83.6 Å². The van der Waals surface area contributed by atoms with E-state index in [0.717, 1.165) is 59.5 Å². The minimum atomic E-state index is -1.02. The Hall–Kier alpha value is -3.94. The summed E-state index contributed by atoms with van der Waals surface area (Å²) in [6, 6.07) is 14.1. The van der Waals surface area contributed by atoms with E-state index >= 15 is 0 Å². The predicted molar refractivity (Wildman–Crippen MR) is 170 cm³/mol. The largest absolute Gasteiger partial charge is 0.461 e. The molecule has 3 aromatic rings. The summed E-state index contributed by atoms with van der Waals surface area (Å²) in [4.78, 5) is 30.5. The van der Waals surface area contributed by atoms with E-state index in [9.17, 15) is 14.4 Å². The number of amides is 1. The average molecular weight is 618 g/mol. The van der Waals surface area contributed by atoms with Crippen LogP contribution in [0.15, 0.2) is 48.8 Å². The zero-order chi connectivity index (χ0) is 31.0. The van der Waals surface area contributed by atoms with Crippen LogP contribution in [0.1, 0.15) is 37.4 Å². The van der Waals surface area contributed by atoms with Crippen molar-refractivity contribution < 1.29 is 13.9 Å². The number of carbonyl (C=O) groups is 1. The number of carbonyl (C=O) groups excluding carboxylic acids is 1. The fourth-order valence-electron chi connectivity index (χ4n) is 6.77. The van der Waals surface area contributed by atoms with Crippen LogP contribution in [0.4, 0.5) is 15.9 Å². The van der Waals surface area contributed by atoms with Gasteiger partial charge >= 0.3 is 6.01 Å². The number of halogens is 2. The molecule has 9 nitrogen and oxygen atoms in total. The van der Waals surface area contributed by atoms with Crippen molar-refractivity contribution in [2.24, 2.45) is 0 Å². The molecule has 1 unspecified atom stereocenters. The Bertz CT molecular complexity index is 1640. The van der Waals surface area contributed by atoms with Crippen molar-refractivity contribution in [3.05, 3.63) is 65.1 Å². The van der Waals surface area contributed by atoms with Crippen molar-refractivity contribution in [3.63, 3.8) is 0 Å². The number of rotatable bonds is 7. The summed E-state index contributed by atoms with van der Waals surface area (Å²) < 4.78 is 20.2. The third-order valence-electron chi connectivity index (χ3n) is 9.44. The highest BCUT2D eigenvalue weighted by molar-refractivity contribution is 6.36. The predicted octanol–water partition coefficient (Wildman–Crippen LogP) is 5.12. The molecule has 0 N–H and O–H groups in total. The molecule has 2 atom stereocenters. The molecular formula is C33H37ClFN7O2. The van der Waals surface area contributed by atoms with E-state index in [-0.39, 0.29) is 18.5 Å². The fraction of sp³-hybridized carbons (Fsp3) is 0.455. The van der Waals surface area contributed by atoms with E-state index in [1.165, 1.54) is 4.90 Å². The minimum absolute atomic E-state index is 0.0759. The number of anilines is 2. The molecule has 4 heterocycles. The number of fused-ring (bicyclic) bond motifs is 2. The lowest BCUT2D eigenvalue weighted by Crippen LogP contribution is -2.55. The lowest BCUT2D eigenvalue weighted by atomic mass is 10.0. The number of hydrogen-bond acceptors (Lipinski definition) is 8. The molecule has 0 radical (unpaired) electrons. The zero-order valence-electron chi connectivity index (χ0n) is 25.2. The number of ether oxygens (including phenoxy) is 1. The molecule has 0 bridgehead atoms. The maximum Gasteiger partial charge on any atom is 0.318 e. The first-order chi connectivity index (χ1) is 21.2. The van der Waals surface area contributed by atoms with Gasteiger partial charge < -0.3 is 19.4 Å². The number of piperazine rings is 1. The number of hydrogen-bond donors (Lipinski definition) is 0. The molecular weight excluding hydrogens is 581 g/mol. The summed E-state index contributed by atoms with van der Waals surface area (Å²) in [5.74, 6) is -1.04. The molecule has 3 aliphatic rings. The molecule has 0 saturated carbocycles. The standard InChI is InChI=1S/C33H37ClFN7O2/c1-22(35)31(43)42-18-17-41(19-24(42)11-14-36)30-25-12-16-40(28-10-5-8-23-7-4-9-26(34)29(23)28)20-27(25)37-32(38-30)44-21-33(2)13-6-15-39(33)3/h4-5,7-10,24H,1,6,11-13,15-21H2,2-3H3/t24-,33?/m0/s1. The molecule has 11 heteroatoms. The molecule has 2 aromatic carbocycles. The number of benzene rings is 2. The normalized spacial score (nSPS) is 22.2. The van der Waals surface area contributed by atoms with Gasteiger partial charge in [-0.05, 0) is 57.3 Å². The van der Waals surface area contributed by atoms with Crippen LogP contribution in [0.2, 0.25) is 5.02 Å². The van der Waals surface area contributed by atoms with Gasteiger partial charge in [0.25, 0.3) is 5.91 Å². The van der Waals surface area contributed by atoms with Gasteiger partial charge in [0.15, 0.2) is 5.83 Å². The Kier molecular flexibility index (Phi) is 8.36. The Morgan fingerprint density at radius 3 is 2.70 bits per heavy atom. The van der Waals surface area contributed by atoms with Crippen LogP contribution in [0.3, 0.4) is 0 Å². The Balaban J connectivity index is 1.35. The Morgan fingerprint density at radius 1 is 1.18 bits per heavy atom. The van der Waals surface area contributed by atoms with Gasteiger partial charge in [-0.2, -0.15) is 15.2 Å². The maximum atomic E-state index is 13.8. The monoisotopic (exact) mass is 617 g/mol. The van der Waals surface area contributed by atoms with Crippen molar-refractivity contribution in [2.45, 2.75) is 50.7 Å². The summed E-state index contributed by atoms with van der Waals surface area (Å²) in [5.41, 5.74) is 2.84. The van der Waals surface area contributed by atoms with Gasteiger partial charge in [0.1, 0.15) is 12.4 Å². The van der Waals surface area contributed by atoms with Crippen LogP contribution in [0.25, 0.3) is 10.8 Å². The second-order valence-corrected chi connectivity index (χ2v) is 12.6. The summed E-state index contributed by atoms with van der Waals surface area (Å²) in [5, 5.41) is 12.3.